The van der Waals surface area contributed by atoms with Crippen LogP contribution in [0.4, 0.5) is 5.69 Å². The van der Waals surface area contributed by atoms with Gasteiger partial charge in [-0.05, 0) is 79.2 Å². The zero-order chi connectivity index (χ0) is 14.8. The van der Waals surface area contributed by atoms with Crippen LogP contribution in [0.5, 0.6) is 0 Å². The molecule has 1 aliphatic carbocycles. The van der Waals surface area contributed by atoms with Crippen molar-refractivity contribution in [1.29, 1.82) is 0 Å². The van der Waals surface area contributed by atoms with Crippen LogP contribution in [0.3, 0.4) is 0 Å². The van der Waals surface area contributed by atoms with Crippen LogP contribution in [0.2, 0.25) is 0 Å². The van der Waals surface area contributed by atoms with Crippen molar-refractivity contribution in [3.8, 4) is 0 Å². The molecule has 1 heterocycles. The van der Waals surface area contributed by atoms with E-state index in [0.29, 0.717) is 6.04 Å². The fourth-order valence-corrected chi connectivity index (χ4v) is 4.74. The largest absolute Gasteiger partial charge is 0.367 e. The van der Waals surface area contributed by atoms with Crippen LogP contribution in [-0.4, -0.2) is 19.6 Å². The van der Waals surface area contributed by atoms with Crippen molar-refractivity contribution >= 4 is 21.6 Å². The highest BCUT2D eigenvalue weighted by molar-refractivity contribution is 9.10. The lowest BCUT2D eigenvalue weighted by molar-refractivity contribution is 0.243. The summed E-state index contributed by atoms with van der Waals surface area (Å²) in [6.07, 6.45) is 8.45. The Labute approximate surface area is 137 Å². The van der Waals surface area contributed by atoms with Crippen molar-refractivity contribution in [2.45, 2.75) is 57.5 Å². The van der Waals surface area contributed by atoms with Crippen LogP contribution in [0.25, 0.3) is 0 Å². The highest BCUT2D eigenvalue weighted by Gasteiger charge is 2.33. The monoisotopic (exact) mass is 350 g/mol. The third-order valence-corrected chi connectivity index (χ3v) is 6.09. The molecule has 1 aromatic carbocycles. The second kappa shape index (κ2) is 6.70. The van der Waals surface area contributed by atoms with Crippen LogP contribution >= 0.6 is 15.9 Å². The topological polar surface area (TPSA) is 15.3 Å². The zero-order valence-corrected chi connectivity index (χ0v) is 14.8. The van der Waals surface area contributed by atoms with Gasteiger partial charge in [-0.25, -0.2) is 0 Å². The standard InChI is InChI=1S/C18H27BrN2/c1-13(20-2)15-9-10-18(16(19)12-15)21-11-5-7-14-6-3-4-8-17(14)21/h9-10,12-14,17,20H,3-8,11H2,1-2H3/t13?,14-,17-/m1/s1. The summed E-state index contributed by atoms with van der Waals surface area (Å²) in [6, 6.07) is 8.08. The lowest BCUT2D eigenvalue weighted by Gasteiger charge is -2.45. The average molecular weight is 351 g/mol. The highest BCUT2D eigenvalue weighted by atomic mass is 79.9. The van der Waals surface area contributed by atoms with E-state index in [0.717, 1.165) is 12.0 Å². The van der Waals surface area contributed by atoms with Gasteiger partial charge in [-0.15, -0.1) is 0 Å². The van der Waals surface area contributed by atoms with Gasteiger partial charge in [0.25, 0.3) is 0 Å². The predicted octanol–water partition coefficient (Wildman–Crippen LogP) is 4.89. The third kappa shape index (κ3) is 3.14. The molecule has 0 spiro atoms. The molecule has 1 unspecified atom stereocenters. The van der Waals surface area contributed by atoms with E-state index in [1.165, 1.54) is 60.8 Å². The minimum absolute atomic E-state index is 0.402. The van der Waals surface area contributed by atoms with Gasteiger partial charge in [-0.1, -0.05) is 18.9 Å². The second-order valence-corrected chi connectivity index (χ2v) is 7.52. The summed E-state index contributed by atoms with van der Waals surface area (Å²) in [7, 11) is 2.02. The van der Waals surface area contributed by atoms with Crippen molar-refractivity contribution in [2.75, 3.05) is 18.5 Å². The first-order valence-electron chi connectivity index (χ1n) is 8.44. The van der Waals surface area contributed by atoms with Gasteiger partial charge in [-0.2, -0.15) is 0 Å². The molecule has 1 aromatic rings. The van der Waals surface area contributed by atoms with E-state index >= 15 is 0 Å². The molecule has 21 heavy (non-hydrogen) atoms. The van der Waals surface area contributed by atoms with E-state index in [-0.39, 0.29) is 0 Å². The smallest absolute Gasteiger partial charge is 0.0513 e. The van der Waals surface area contributed by atoms with Crippen molar-refractivity contribution in [3.63, 3.8) is 0 Å². The Balaban J connectivity index is 1.85. The summed E-state index contributed by atoms with van der Waals surface area (Å²) >= 11 is 3.83. The van der Waals surface area contributed by atoms with E-state index < -0.39 is 0 Å². The van der Waals surface area contributed by atoms with Crippen molar-refractivity contribution in [1.82, 2.24) is 5.32 Å². The molecule has 3 heteroatoms. The molecule has 0 radical (unpaired) electrons. The SMILES string of the molecule is CNC(C)c1ccc(N2CCC[C@H]3CCCC[C@H]32)c(Br)c1. The van der Waals surface area contributed by atoms with E-state index in [4.69, 9.17) is 0 Å². The molecular formula is C18H27BrN2. The lowest BCUT2D eigenvalue weighted by Crippen LogP contribution is -2.47. The lowest BCUT2D eigenvalue weighted by atomic mass is 9.78. The first-order chi connectivity index (χ1) is 10.2. The number of benzene rings is 1. The van der Waals surface area contributed by atoms with E-state index in [9.17, 15) is 0 Å². The maximum absolute atomic E-state index is 3.83. The first kappa shape index (κ1) is 15.4. The minimum atomic E-state index is 0.402. The van der Waals surface area contributed by atoms with E-state index in [1.807, 2.05) is 7.05 Å². The normalized spacial score (nSPS) is 27.3. The summed E-state index contributed by atoms with van der Waals surface area (Å²) in [5.74, 6) is 0.926. The maximum atomic E-state index is 3.83. The number of piperidine rings is 1. The van der Waals surface area contributed by atoms with Crippen LogP contribution < -0.4 is 10.2 Å². The molecule has 0 amide bonds. The number of halogens is 1. The summed E-state index contributed by atoms with van der Waals surface area (Å²) in [4.78, 5) is 2.69. The van der Waals surface area contributed by atoms with Crippen LogP contribution in [-0.2, 0) is 0 Å². The average Bonchev–Trinajstić information content (AvgIpc) is 2.53. The van der Waals surface area contributed by atoms with Gasteiger partial charge < -0.3 is 10.2 Å². The molecule has 2 aliphatic rings. The van der Waals surface area contributed by atoms with Gasteiger partial charge in [-0.3, -0.25) is 0 Å². The summed E-state index contributed by atoms with van der Waals surface area (Å²) in [5.41, 5.74) is 2.75. The summed E-state index contributed by atoms with van der Waals surface area (Å²) in [6.45, 7) is 3.43. The van der Waals surface area contributed by atoms with Gasteiger partial charge in [0.1, 0.15) is 0 Å². The van der Waals surface area contributed by atoms with Crippen molar-refractivity contribution in [3.05, 3.63) is 28.2 Å². The Morgan fingerprint density at radius 2 is 1.95 bits per heavy atom. The summed E-state index contributed by atoms with van der Waals surface area (Å²) < 4.78 is 1.26. The number of hydrogen-bond donors (Lipinski definition) is 1. The molecule has 1 N–H and O–H groups in total. The maximum Gasteiger partial charge on any atom is 0.0513 e. The molecule has 1 saturated carbocycles. The fraction of sp³-hybridized carbons (Fsp3) is 0.667. The van der Waals surface area contributed by atoms with Crippen LogP contribution in [0.15, 0.2) is 22.7 Å². The molecule has 0 aromatic heterocycles. The predicted molar refractivity (Wildman–Crippen MR) is 93.9 cm³/mol. The molecule has 3 atom stereocenters. The highest BCUT2D eigenvalue weighted by Crippen LogP contribution is 2.40. The van der Waals surface area contributed by atoms with Crippen LogP contribution in [0.1, 0.15) is 57.1 Å². The van der Waals surface area contributed by atoms with E-state index in [1.54, 1.807) is 0 Å². The molecule has 1 aliphatic heterocycles. The Morgan fingerprint density at radius 3 is 2.71 bits per heavy atom. The minimum Gasteiger partial charge on any atom is -0.367 e. The molecule has 3 rings (SSSR count). The fourth-order valence-electron chi connectivity index (χ4n) is 4.12. The number of hydrogen-bond acceptors (Lipinski definition) is 2. The number of fused-ring (bicyclic) bond motifs is 1. The zero-order valence-electron chi connectivity index (χ0n) is 13.2. The number of anilines is 1. The van der Waals surface area contributed by atoms with Crippen molar-refractivity contribution < 1.29 is 0 Å². The molecular weight excluding hydrogens is 324 g/mol. The van der Waals surface area contributed by atoms with Crippen molar-refractivity contribution in [2.24, 2.45) is 5.92 Å². The third-order valence-electron chi connectivity index (χ3n) is 5.46. The number of nitrogens with zero attached hydrogens (tertiary/aromatic N) is 1. The molecule has 116 valence electrons. The van der Waals surface area contributed by atoms with Gasteiger partial charge >= 0.3 is 0 Å². The Hall–Kier alpha value is -0.540. The van der Waals surface area contributed by atoms with Gasteiger partial charge in [0.15, 0.2) is 0 Å². The first-order valence-corrected chi connectivity index (χ1v) is 9.23. The second-order valence-electron chi connectivity index (χ2n) is 6.67. The van der Waals surface area contributed by atoms with Gasteiger partial charge in [0, 0.05) is 23.1 Å². The Morgan fingerprint density at radius 1 is 1.19 bits per heavy atom. The summed E-state index contributed by atoms with van der Waals surface area (Å²) in [5, 5.41) is 3.32. The van der Waals surface area contributed by atoms with Gasteiger partial charge in [0.05, 0.1) is 5.69 Å². The molecule has 0 bridgehead atoms. The Kier molecular flexibility index (Phi) is 4.90. The molecule has 2 fully saturated rings. The number of nitrogens with one attached hydrogen (secondary N) is 1. The molecule has 2 nitrogen and oxygen atoms in total. The molecule has 1 saturated heterocycles. The quantitative estimate of drug-likeness (QED) is 0.834. The Bertz CT molecular complexity index is 486. The van der Waals surface area contributed by atoms with Crippen LogP contribution in [0, 0.1) is 5.92 Å². The van der Waals surface area contributed by atoms with Gasteiger partial charge in [0.2, 0.25) is 0 Å². The van der Waals surface area contributed by atoms with E-state index in [2.05, 4.69) is 51.3 Å². The number of rotatable bonds is 3.